The van der Waals surface area contributed by atoms with E-state index in [0.717, 1.165) is 17.6 Å². The highest BCUT2D eigenvalue weighted by Gasteiger charge is 2.57. The third-order valence-electron chi connectivity index (χ3n) is 6.91. The molecule has 0 aliphatic heterocycles. The monoisotopic (exact) mass is 357 g/mol. The van der Waals surface area contributed by atoms with E-state index in [1.165, 1.54) is 32.1 Å². The van der Waals surface area contributed by atoms with Crippen LogP contribution in [-0.2, 0) is 4.74 Å². The van der Waals surface area contributed by atoms with Crippen LogP contribution in [0.4, 0.5) is 0 Å². The SMILES string of the molecule is COC1(CNC(=O)c2ccc(OC(C)C)cc2)C2CC3CC(C2)CC1C3. The van der Waals surface area contributed by atoms with Gasteiger partial charge >= 0.3 is 0 Å². The lowest BCUT2D eigenvalue weighted by atomic mass is 9.49. The van der Waals surface area contributed by atoms with Gasteiger partial charge in [-0.05, 0) is 93.9 Å². The highest BCUT2D eigenvalue weighted by Crippen LogP contribution is 2.59. The van der Waals surface area contributed by atoms with E-state index < -0.39 is 0 Å². The standard InChI is InChI=1S/C22H31NO3/c1-14(2)26-20-6-4-17(5-7-20)21(24)23-13-22(25-3)18-9-15-8-16(11-18)12-19(22)10-15/h4-7,14-16,18-19H,8-13H2,1-3H3,(H,23,24). The lowest BCUT2D eigenvalue weighted by molar-refractivity contribution is -0.186. The van der Waals surface area contributed by atoms with E-state index in [4.69, 9.17) is 9.47 Å². The summed E-state index contributed by atoms with van der Waals surface area (Å²) in [7, 11) is 1.84. The van der Waals surface area contributed by atoms with Crippen LogP contribution in [0.5, 0.6) is 5.75 Å². The first kappa shape index (κ1) is 17.8. The van der Waals surface area contributed by atoms with Gasteiger partial charge in [-0.15, -0.1) is 0 Å². The number of amides is 1. The Kier molecular flexibility index (Phi) is 4.72. The Bertz CT molecular complexity index is 624. The first-order valence-electron chi connectivity index (χ1n) is 10.1. The minimum absolute atomic E-state index is 0.0219. The van der Waals surface area contributed by atoms with E-state index in [9.17, 15) is 4.79 Å². The Morgan fingerprint density at radius 3 is 2.15 bits per heavy atom. The molecule has 4 fully saturated rings. The fourth-order valence-electron chi connectivity index (χ4n) is 5.95. The van der Waals surface area contributed by atoms with Crippen molar-refractivity contribution in [3.05, 3.63) is 29.8 Å². The number of benzene rings is 1. The normalized spacial score (nSPS) is 34.9. The fraction of sp³-hybridized carbons (Fsp3) is 0.682. The Balaban J connectivity index is 1.42. The van der Waals surface area contributed by atoms with Crippen molar-refractivity contribution >= 4 is 5.91 Å². The van der Waals surface area contributed by atoms with Gasteiger partial charge in [-0.3, -0.25) is 4.79 Å². The van der Waals surface area contributed by atoms with E-state index in [0.29, 0.717) is 23.9 Å². The molecule has 0 spiro atoms. The highest BCUT2D eigenvalue weighted by molar-refractivity contribution is 5.94. The summed E-state index contributed by atoms with van der Waals surface area (Å²) in [6.07, 6.45) is 6.66. The molecule has 0 saturated heterocycles. The van der Waals surface area contributed by atoms with Crippen molar-refractivity contribution in [3.63, 3.8) is 0 Å². The quantitative estimate of drug-likeness (QED) is 0.836. The van der Waals surface area contributed by atoms with Gasteiger partial charge in [-0.25, -0.2) is 0 Å². The molecule has 4 heteroatoms. The molecule has 4 aliphatic carbocycles. The number of ether oxygens (including phenoxy) is 2. The van der Waals surface area contributed by atoms with Crippen LogP contribution in [0.3, 0.4) is 0 Å². The lowest BCUT2D eigenvalue weighted by Gasteiger charge is -2.60. The number of hydrogen-bond donors (Lipinski definition) is 1. The second-order valence-electron chi connectivity index (χ2n) is 8.84. The van der Waals surface area contributed by atoms with Crippen LogP contribution in [0.2, 0.25) is 0 Å². The van der Waals surface area contributed by atoms with Crippen molar-refractivity contribution < 1.29 is 14.3 Å². The average molecular weight is 357 g/mol. The second kappa shape index (κ2) is 6.88. The molecule has 4 saturated carbocycles. The van der Waals surface area contributed by atoms with Gasteiger partial charge in [0.1, 0.15) is 5.75 Å². The van der Waals surface area contributed by atoms with Crippen LogP contribution in [0.1, 0.15) is 56.3 Å². The Hall–Kier alpha value is -1.55. The summed E-state index contributed by atoms with van der Waals surface area (Å²) in [5.41, 5.74) is 0.514. The molecule has 1 N–H and O–H groups in total. The zero-order chi connectivity index (χ0) is 18.3. The maximum Gasteiger partial charge on any atom is 0.251 e. The average Bonchev–Trinajstić information content (AvgIpc) is 2.61. The maximum atomic E-state index is 12.7. The summed E-state index contributed by atoms with van der Waals surface area (Å²) in [4.78, 5) is 12.7. The highest BCUT2D eigenvalue weighted by atomic mass is 16.5. The molecule has 4 nitrogen and oxygen atoms in total. The number of methoxy groups -OCH3 is 1. The van der Waals surface area contributed by atoms with Crippen molar-refractivity contribution in [1.29, 1.82) is 0 Å². The molecule has 4 aliphatic rings. The Morgan fingerprint density at radius 1 is 1.08 bits per heavy atom. The fourth-order valence-corrected chi connectivity index (χ4v) is 5.95. The summed E-state index contributed by atoms with van der Waals surface area (Å²) in [5.74, 6) is 3.77. The molecule has 1 aromatic rings. The van der Waals surface area contributed by atoms with E-state index in [1.54, 1.807) is 0 Å². The molecular weight excluding hydrogens is 326 g/mol. The zero-order valence-electron chi connectivity index (χ0n) is 16.2. The molecule has 26 heavy (non-hydrogen) atoms. The van der Waals surface area contributed by atoms with E-state index >= 15 is 0 Å². The molecule has 142 valence electrons. The van der Waals surface area contributed by atoms with Gasteiger partial charge in [-0.1, -0.05) is 0 Å². The van der Waals surface area contributed by atoms with Gasteiger partial charge in [0.15, 0.2) is 0 Å². The molecule has 5 rings (SSSR count). The summed E-state index contributed by atoms with van der Waals surface area (Å²) < 4.78 is 11.8. The van der Waals surface area contributed by atoms with Crippen LogP contribution >= 0.6 is 0 Å². The van der Waals surface area contributed by atoms with Crippen LogP contribution in [-0.4, -0.2) is 31.3 Å². The second-order valence-corrected chi connectivity index (χ2v) is 8.84. The van der Waals surface area contributed by atoms with Crippen molar-refractivity contribution in [3.8, 4) is 5.75 Å². The summed E-state index contributed by atoms with van der Waals surface area (Å²) in [5, 5.41) is 3.17. The molecule has 0 unspecified atom stereocenters. The summed E-state index contributed by atoms with van der Waals surface area (Å²) in [6, 6.07) is 7.40. The van der Waals surface area contributed by atoms with Gasteiger partial charge in [0.25, 0.3) is 5.91 Å². The van der Waals surface area contributed by atoms with Gasteiger partial charge < -0.3 is 14.8 Å². The van der Waals surface area contributed by atoms with Gasteiger partial charge in [-0.2, -0.15) is 0 Å². The zero-order valence-corrected chi connectivity index (χ0v) is 16.2. The molecule has 0 radical (unpaired) electrons. The number of nitrogens with one attached hydrogen (secondary N) is 1. The number of carbonyl (C=O) groups excluding carboxylic acids is 1. The number of hydrogen-bond acceptors (Lipinski definition) is 3. The molecule has 1 amide bonds. The molecule has 0 heterocycles. The van der Waals surface area contributed by atoms with E-state index in [1.807, 2.05) is 45.2 Å². The third-order valence-corrected chi connectivity index (χ3v) is 6.91. The molecular formula is C22H31NO3. The minimum atomic E-state index is -0.163. The molecule has 0 atom stereocenters. The summed E-state index contributed by atoms with van der Waals surface area (Å²) >= 11 is 0. The number of carbonyl (C=O) groups is 1. The van der Waals surface area contributed by atoms with Crippen molar-refractivity contribution in [2.75, 3.05) is 13.7 Å². The van der Waals surface area contributed by atoms with Crippen molar-refractivity contribution in [1.82, 2.24) is 5.32 Å². The smallest absolute Gasteiger partial charge is 0.251 e. The Labute approximate surface area is 156 Å². The molecule has 0 aromatic heterocycles. The topological polar surface area (TPSA) is 47.6 Å². The minimum Gasteiger partial charge on any atom is -0.491 e. The lowest BCUT2D eigenvalue weighted by Crippen LogP contribution is -2.63. The van der Waals surface area contributed by atoms with Gasteiger partial charge in [0.05, 0.1) is 11.7 Å². The molecule has 1 aromatic carbocycles. The van der Waals surface area contributed by atoms with E-state index in [-0.39, 0.29) is 17.6 Å². The maximum absolute atomic E-state index is 12.7. The van der Waals surface area contributed by atoms with Crippen LogP contribution in [0, 0.1) is 23.7 Å². The Morgan fingerprint density at radius 2 is 1.65 bits per heavy atom. The van der Waals surface area contributed by atoms with Gasteiger partial charge in [0, 0.05) is 19.2 Å². The first-order valence-corrected chi connectivity index (χ1v) is 10.1. The van der Waals surface area contributed by atoms with Crippen molar-refractivity contribution in [2.24, 2.45) is 23.7 Å². The first-order chi connectivity index (χ1) is 12.5. The van der Waals surface area contributed by atoms with E-state index in [2.05, 4.69) is 5.32 Å². The van der Waals surface area contributed by atoms with Gasteiger partial charge in [0.2, 0.25) is 0 Å². The third kappa shape index (κ3) is 3.13. The van der Waals surface area contributed by atoms with Crippen molar-refractivity contribution in [2.45, 2.75) is 57.7 Å². The van der Waals surface area contributed by atoms with Crippen LogP contribution < -0.4 is 10.1 Å². The van der Waals surface area contributed by atoms with Crippen LogP contribution in [0.15, 0.2) is 24.3 Å². The summed E-state index contributed by atoms with van der Waals surface area (Å²) in [6.45, 7) is 4.62. The molecule has 4 bridgehead atoms. The predicted molar refractivity (Wildman–Crippen MR) is 101 cm³/mol. The van der Waals surface area contributed by atoms with Crippen LogP contribution in [0.25, 0.3) is 0 Å². The largest absolute Gasteiger partial charge is 0.491 e. The number of rotatable bonds is 6. The predicted octanol–water partition coefficient (Wildman–Crippen LogP) is 4.04.